The quantitative estimate of drug-likeness (QED) is 0.695. The number of ether oxygens (including phenoxy) is 2. The predicted molar refractivity (Wildman–Crippen MR) is 104 cm³/mol. The summed E-state index contributed by atoms with van der Waals surface area (Å²) in [6.45, 7) is 4.04. The number of methoxy groups -OCH3 is 2. The molecule has 0 saturated carbocycles. The highest BCUT2D eigenvalue weighted by Gasteiger charge is 2.10. The summed E-state index contributed by atoms with van der Waals surface area (Å²) in [6.07, 6.45) is 0.697. The minimum Gasteiger partial charge on any atom is -0.493 e. The number of hydrogen-bond acceptors (Lipinski definition) is 4. The normalized spacial score (nSPS) is 10.7. The standard InChI is InChI=1S/C21H27FN2O3/c1-4-24(14-17-6-5-7-18(22)12-17)15-21(25)23-11-10-16-8-9-19(26-2)20(13-16)27-3/h5-9,12-13H,4,10-11,14-15H2,1-3H3,(H,23,25). The highest BCUT2D eigenvalue weighted by Crippen LogP contribution is 2.27. The summed E-state index contributed by atoms with van der Waals surface area (Å²) >= 11 is 0. The summed E-state index contributed by atoms with van der Waals surface area (Å²) in [4.78, 5) is 14.2. The van der Waals surface area contributed by atoms with E-state index in [1.807, 2.05) is 36.1 Å². The highest BCUT2D eigenvalue weighted by atomic mass is 19.1. The van der Waals surface area contributed by atoms with E-state index in [-0.39, 0.29) is 18.3 Å². The molecule has 2 aromatic carbocycles. The molecule has 2 aromatic rings. The fourth-order valence-electron chi connectivity index (χ4n) is 2.81. The van der Waals surface area contributed by atoms with Gasteiger partial charge in [-0.15, -0.1) is 0 Å². The Morgan fingerprint density at radius 1 is 1.07 bits per heavy atom. The molecule has 0 fully saturated rings. The zero-order valence-electron chi connectivity index (χ0n) is 16.1. The van der Waals surface area contributed by atoms with E-state index in [9.17, 15) is 9.18 Å². The molecule has 0 aromatic heterocycles. The van der Waals surface area contributed by atoms with Gasteiger partial charge in [0.15, 0.2) is 11.5 Å². The van der Waals surface area contributed by atoms with Crippen LogP contribution in [-0.2, 0) is 17.8 Å². The average molecular weight is 374 g/mol. The molecule has 0 radical (unpaired) electrons. The number of amides is 1. The number of rotatable bonds is 10. The molecule has 0 bridgehead atoms. The molecule has 0 aliphatic carbocycles. The first-order chi connectivity index (χ1) is 13.0. The Morgan fingerprint density at radius 2 is 1.85 bits per heavy atom. The van der Waals surface area contributed by atoms with E-state index < -0.39 is 0 Å². The van der Waals surface area contributed by atoms with Crippen molar-refractivity contribution in [1.29, 1.82) is 0 Å². The van der Waals surface area contributed by atoms with Gasteiger partial charge in [-0.3, -0.25) is 9.69 Å². The molecule has 2 rings (SSSR count). The predicted octanol–water partition coefficient (Wildman–Crippen LogP) is 3.02. The molecule has 0 spiro atoms. The Labute approximate surface area is 160 Å². The Hall–Kier alpha value is -2.60. The molecule has 1 amide bonds. The Balaban J connectivity index is 1.81. The van der Waals surface area contributed by atoms with Gasteiger partial charge in [-0.1, -0.05) is 25.1 Å². The molecule has 0 unspecified atom stereocenters. The van der Waals surface area contributed by atoms with Crippen LogP contribution in [0.25, 0.3) is 0 Å². The zero-order valence-corrected chi connectivity index (χ0v) is 16.1. The van der Waals surface area contributed by atoms with Crippen LogP contribution in [0.2, 0.25) is 0 Å². The third kappa shape index (κ3) is 6.57. The fourth-order valence-corrected chi connectivity index (χ4v) is 2.81. The average Bonchev–Trinajstić information content (AvgIpc) is 2.67. The van der Waals surface area contributed by atoms with Crippen molar-refractivity contribution in [1.82, 2.24) is 10.2 Å². The van der Waals surface area contributed by atoms with Crippen LogP contribution < -0.4 is 14.8 Å². The van der Waals surface area contributed by atoms with Crippen molar-refractivity contribution in [2.75, 3.05) is 33.9 Å². The van der Waals surface area contributed by atoms with Crippen LogP contribution in [0.15, 0.2) is 42.5 Å². The molecule has 1 N–H and O–H groups in total. The fraction of sp³-hybridized carbons (Fsp3) is 0.381. The van der Waals surface area contributed by atoms with Gasteiger partial charge in [-0.05, 0) is 48.4 Å². The van der Waals surface area contributed by atoms with Gasteiger partial charge in [-0.2, -0.15) is 0 Å². The SMILES string of the molecule is CCN(CC(=O)NCCc1ccc(OC)c(OC)c1)Cc1cccc(F)c1. The molecule has 0 heterocycles. The van der Waals surface area contributed by atoms with E-state index in [2.05, 4.69) is 5.32 Å². The van der Waals surface area contributed by atoms with Crippen molar-refractivity contribution in [2.24, 2.45) is 0 Å². The lowest BCUT2D eigenvalue weighted by atomic mass is 10.1. The number of nitrogens with zero attached hydrogens (tertiary/aromatic N) is 1. The number of halogens is 1. The van der Waals surface area contributed by atoms with Gasteiger partial charge in [0.05, 0.1) is 20.8 Å². The van der Waals surface area contributed by atoms with Crippen LogP contribution in [0, 0.1) is 5.82 Å². The second-order valence-corrected chi connectivity index (χ2v) is 6.22. The first-order valence-electron chi connectivity index (χ1n) is 9.00. The van der Waals surface area contributed by atoms with E-state index >= 15 is 0 Å². The minimum absolute atomic E-state index is 0.0475. The summed E-state index contributed by atoms with van der Waals surface area (Å²) in [5, 5.41) is 2.93. The van der Waals surface area contributed by atoms with Crippen molar-refractivity contribution in [3.05, 3.63) is 59.4 Å². The summed E-state index contributed by atoms with van der Waals surface area (Å²) in [5.74, 6) is 1.05. The third-order valence-corrected chi connectivity index (χ3v) is 4.29. The second-order valence-electron chi connectivity index (χ2n) is 6.22. The van der Waals surface area contributed by atoms with Gasteiger partial charge in [0.2, 0.25) is 5.91 Å². The lowest BCUT2D eigenvalue weighted by Gasteiger charge is -2.20. The van der Waals surface area contributed by atoms with E-state index in [1.54, 1.807) is 20.3 Å². The first kappa shape index (κ1) is 20.7. The molecular formula is C21H27FN2O3. The maximum atomic E-state index is 13.3. The lowest BCUT2D eigenvalue weighted by Crippen LogP contribution is -2.37. The number of nitrogens with one attached hydrogen (secondary N) is 1. The third-order valence-electron chi connectivity index (χ3n) is 4.29. The summed E-state index contributed by atoms with van der Waals surface area (Å²) in [5.41, 5.74) is 1.91. The molecular weight excluding hydrogens is 347 g/mol. The molecule has 5 nitrogen and oxygen atoms in total. The highest BCUT2D eigenvalue weighted by molar-refractivity contribution is 5.78. The molecule has 0 aliphatic heterocycles. The Kier molecular flexibility index (Phi) is 8.07. The van der Waals surface area contributed by atoms with Crippen LogP contribution >= 0.6 is 0 Å². The number of likely N-dealkylation sites (N-methyl/N-ethyl adjacent to an activating group) is 1. The molecule has 146 valence electrons. The smallest absolute Gasteiger partial charge is 0.234 e. The van der Waals surface area contributed by atoms with Crippen LogP contribution in [0.1, 0.15) is 18.1 Å². The van der Waals surface area contributed by atoms with E-state index in [0.29, 0.717) is 37.6 Å². The van der Waals surface area contributed by atoms with Crippen LogP contribution in [0.3, 0.4) is 0 Å². The topological polar surface area (TPSA) is 50.8 Å². The van der Waals surface area contributed by atoms with Crippen LogP contribution in [-0.4, -0.2) is 44.7 Å². The summed E-state index contributed by atoms with van der Waals surface area (Å²) in [7, 11) is 3.20. The maximum absolute atomic E-state index is 13.3. The number of carbonyl (C=O) groups excluding carboxylic acids is 1. The van der Waals surface area contributed by atoms with Crippen molar-refractivity contribution in [3.8, 4) is 11.5 Å². The van der Waals surface area contributed by atoms with Gasteiger partial charge in [0.25, 0.3) is 0 Å². The Morgan fingerprint density at radius 3 is 2.52 bits per heavy atom. The van der Waals surface area contributed by atoms with Gasteiger partial charge < -0.3 is 14.8 Å². The van der Waals surface area contributed by atoms with Gasteiger partial charge in [0.1, 0.15) is 5.82 Å². The molecule has 6 heteroatoms. The largest absolute Gasteiger partial charge is 0.493 e. The summed E-state index contributed by atoms with van der Waals surface area (Å²) < 4.78 is 23.8. The van der Waals surface area contributed by atoms with Gasteiger partial charge in [-0.25, -0.2) is 4.39 Å². The van der Waals surface area contributed by atoms with Gasteiger partial charge in [0, 0.05) is 13.1 Å². The van der Waals surface area contributed by atoms with Gasteiger partial charge >= 0.3 is 0 Å². The lowest BCUT2D eigenvalue weighted by molar-refractivity contribution is -0.122. The van der Waals surface area contributed by atoms with E-state index in [0.717, 1.165) is 11.1 Å². The van der Waals surface area contributed by atoms with Crippen molar-refractivity contribution in [2.45, 2.75) is 19.9 Å². The summed E-state index contributed by atoms with van der Waals surface area (Å²) in [6, 6.07) is 12.2. The molecule has 0 saturated heterocycles. The maximum Gasteiger partial charge on any atom is 0.234 e. The first-order valence-corrected chi connectivity index (χ1v) is 9.00. The number of benzene rings is 2. The Bertz CT molecular complexity index is 752. The molecule has 0 aliphatic rings. The van der Waals surface area contributed by atoms with Crippen molar-refractivity contribution in [3.63, 3.8) is 0 Å². The number of hydrogen-bond donors (Lipinski definition) is 1. The molecule has 0 atom stereocenters. The zero-order chi connectivity index (χ0) is 19.6. The number of carbonyl (C=O) groups is 1. The second kappa shape index (κ2) is 10.5. The van der Waals surface area contributed by atoms with E-state index in [1.165, 1.54) is 12.1 Å². The van der Waals surface area contributed by atoms with Crippen LogP contribution in [0.4, 0.5) is 4.39 Å². The van der Waals surface area contributed by atoms with E-state index in [4.69, 9.17) is 9.47 Å². The van der Waals surface area contributed by atoms with Crippen molar-refractivity contribution >= 4 is 5.91 Å². The minimum atomic E-state index is -0.261. The monoisotopic (exact) mass is 374 g/mol. The van der Waals surface area contributed by atoms with Crippen molar-refractivity contribution < 1.29 is 18.7 Å². The molecule has 27 heavy (non-hydrogen) atoms. The van der Waals surface area contributed by atoms with Crippen LogP contribution in [0.5, 0.6) is 11.5 Å².